The van der Waals surface area contributed by atoms with Gasteiger partial charge in [-0.3, -0.25) is 0 Å². The molecule has 0 aliphatic heterocycles. The van der Waals surface area contributed by atoms with Crippen LogP contribution in [0.15, 0.2) is 0 Å². The highest BCUT2D eigenvalue weighted by atomic mass is 16.5. The molecule has 0 aliphatic carbocycles. The number of rotatable bonds is 6. The van der Waals surface area contributed by atoms with Gasteiger partial charge in [0.2, 0.25) is 0 Å². The number of hydrogen-bond donors (Lipinski definition) is 1. The summed E-state index contributed by atoms with van der Waals surface area (Å²) in [4.78, 5) is 0. The van der Waals surface area contributed by atoms with Crippen molar-refractivity contribution in [1.82, 2.24) is 0 Å². The number of nitrogens with two attached hydrogens (primary N) is 1. The molecule has 1 unspecified atom stereocenters. The first-order chi connectivity index (χ1) is 5.83. The van der Waals surface area contributed by atoms with Crippen molar-refractivity contribution in [3.05, 3.63) is 0 Å². The van der Waals surface area contributed by atoms with E-state index in [-0.39, 0.29) is 5.60 Å². The Hall–Kier alpha value is -0.120. The van der Waals surface area contributed by atoms with Crippen LogP contribution in [0.5, 0.6) is 0 Å². The van der Waals surface area contributed by atoms with Crippen LogP contribution in [-0.2, 0) is 9.47 Å². The summed E-state index contributed by atoms with van der Waals surface area (Å²) >= 11 is 0. The monoisotopic (exact) mass is 189 g/mol. The molecule has 0 rings (SSSR count). The molecule has 0 saturated heterocycles. The standard InChI is InChI=1S/C10H23NO2/c1-6-10(4,11)13-8-7-9(2,3)12-5/h6-8,11H2,1-5H3. The molecule has 0 aromatic carbocycles. The first-order valence-corrected chi connectivity index (χ1v) is 4.81. The molecule has 0 radical (unpaired) electrons. The molecule has 3 heteroatoms. The summed E-state index contributed by atoms with van der Waals surface area (Å²) in [5, 5.41) is 0. The number of hydrogen-bond acceptors (Lipinski definition) is 3. The Balaban J connectivity index is 3.68. The van der Waals surface area contributed by atoms with Crippen LogP contribution in [0.2, 0.25) is 0 Å². The highest BCUT2D eigenvalue weighted by molar-refractivity contribution is 4.69. The van der Waals surface area contributed by atoms with Gasteiger partial charge in [-0.2, -0.15) is 0 Å². The van der Waals surface area contributed by atoms with Gasteiger partial charge >= 0.3 is 0 Å². The molecule has 0 aromatic rings. The van der Waals surface area contributed by atoms with E-state index in [4.69, 9.17) is 15.2 Å². The molecule has 0 saturated carbocycles. The SMILES string of the molecule is CCC(C)(N)OCCC(C)(C)OC. The topological polar surface area (TPSA) is 44.5 Å². The molecule has 0 aliphatic rings. The zero-order chi connectivity index (χ0) is 10.5. The van der Waals surface area contributed by atoms with Gasteiger partial charge in [0, 0.05) is 7.11 Å². The van der Waals surface area contributed by atoms with Crippen molar-refractivity contribution in [2.45, 2.75) is 51.9 Å². The number of ether oxygens (including phenoxy) is 2. The molecular formula is C10H23NO2. The molecule has 0 fully saturated rings. The van der Waals surface area contributed by atoms with E-state index in [9.17, 15) is 0 Å². The Labute approximate surface area is 81.6 Å². The van der Waals surface area contributed by atoms with E-state index in [0.717, 1.165) is 12.8 Å². The molecule has 80 valence electrons. The smallest absolute Gasteiger partial charge is 0.113 e. The molecular weight excluding hydrogens is 166 g/mol. The Kier molecular flexibility index (Phi) is 4.89. The van der Waals surface area contributed by atoms with Crippen molar-refractivity contribution in [3.8, 4) is 0 Å². The Morgan fingerprint density at radius 3 is 2.15 bits per heavy atom. The summed E-state index contributed by atoms with van der Waals surface area (Å²) in [6, 6.07) is 0. The average molecular weight is 189 g/mol. The quantitative estimate of drug-likeness (QED) is 0.649. The predicted molar refractivity (Wildman–Crippen MR) is 54.5 cm³/mol. The van der Waals surface area contributed by atoms with E-state index in [1.165, 1.54) is 0 Å². The lowest BCUT2D eigenvalue weighted by Gasteiger charge is -2.27. The maximum atomic E-state index is 5.82. The van der Waals surface area contributed by atoms with Gasteiger partial charge in [-0.1, -0.05) is 6.92 Å². The molecule has 0 heterocycles. The lowest BCUT2D eigenvalue weighted by Crippen LogP contribution is -2.40. The zero-order valence-electron chi connectivity index (χ0n) is 9.52. The van der Waals surface area contributed by atoms with Gasteiger partial charge in [0.15, 0.2) is 0 Å². The summed E-state index contributed by atoms with van der Waals surface area (Å²) in [7, 11) is 1.71. The van der Waals surface area contributed by atoms with Gasteiger partial charge in [-0.05, 0) is 33.6 Å². The fraction of sp³-hybridized carbons (Fsp3) is 1.00. The maximum absolute atomic E-state index is 5.82. The van der Waals surface area contributed by atoms with E-state index >= 15 is 0 Å². The van der Waals surface area contributed by atoms with E-state index in [2.05, 4.69) is 0 Å². The normalized spacial score (nSPS) is 17.1. The van der Waals surface area contributed by atoms with Crippen LogP contribution in [-0.4, -0.2) is 25.0 Å². The largest absolute Gasteiger partial charge is 0.379 e. The molecule has 1 atom stereocenters. The maximum Gasteiger partial charge on any atom is 0.113 e. The fourth-order valence-electron chi connectivity index (χ4n) is 0.734. The van der Waals surface area contributed by atoms with Gasteiger partial charge in [-0.25, -0.2) is 0 Å². The van der Waals surface area contributed by atoms with E-state index in [1.807, 2.05) is 27.7 Å². The third kappa shape index (κ3) is 6.02. The second-order valence-corrected chi connectivity index (χ2v) is 4.23. The second-order valence-electron chi connectivity index (χ2n) is 4.23. The van der Waals surface area contributed by atoms with Crippen molar-refractivity contribution in [2.24, 2.45) is 5.73 Å². The highest BCUT2D eigenvalue weighted by Crippen LogP contribution is 2.15. The van der Waals surface area contributed by atoms with Crippen molar-refractivity contribution in [2.75, 3.05) is 13.7 Å². The van der Waals surface area contributed by atoms with Crippen molar-refractivity contribution >= 4 is 0 Å². The van der Waals surface area contributed by atoms with Crippen molar-refractivity contribution < 1.29 is 9.47 Å². The van der Waals surface area contributed by atoms with E-state index in [1.54, 1.807) is 7.11 Å². The Morgan fingerprint density at radius 2 is 1.77 bits per heavy atom. The number of methoxy groups -OCH3 is 1. The lowest BCUT2D eigenvalue weighted by atomic mass is 10.1. The van der Waals surface area contributed by atoms with Gasteiger partial charge in [0.25, 0.3) is 0 Å². The summed E-state index contributed by atoms with van der Waals surface area (Å²) in [5.74, 6) is 0. The van der Waals surface area contributed by atoms with E-state index < -0.39 is 5.72 Å². The molecule has 0 aromatic heterocycles. The molecule has 3 nitrogen and oxygen atoms in total. The second kappa shape index (κ2) is 4.94. The molecule has 0 spiro atoms. The molecule has 13 heavy (non-hydrogen) atoms. The van der Waals surface area contributed by atoms with Crippen LogP contribution in [0.4, 0.5) is 0 Å². The summed E-state index contributed by atoms with van der Waals surface area (Å²) in [6.07, 6.45) is 1.68. The lowest BCUT2D eigenvalue weighted by molar-refractivity contribution is -0.0649. The van der Waals surface area contributed by atoms with Crippen molar-refractivity contribution in [3.63, 3.8) is 0 Å². The summed E-state index contributed by atoms with van der Waals surface area (Å²) < 4.78 is 10.8. The average Bonchev–Trinajstić information content (AvgIpc) is 2.04. The van der Waals surface area contributed by atoms with Crippen LogP contribution in [0.25, 0.3) is 0 Å². The third-order valence-corrected chi connectivity index (χ3v) is 2.39. The van der Waals surface area contributed by atoms with Crippen molar-refractivity contribution in [1.29, 1.82) is 0 Å². The molecule has 2 N–H and O–H groups in total. The minimum Gasteiger partial charge on any atom is -0.379 e. The third-order valence-electron chi connectivity index (χ3n) is 2.39. The minimum atomic E-state index is -0.496. The summed E-state index contributed by atoms with van der Waals surface area (Å²) in [5.41, 5.74) is 5.21. The van der Waals surface area contributed by atoms with Crippen LogP contribution in [0, 0.1) is 0 Å². The van der Waals surface area contributed by atoms with Crippen LogP contribution in [0.1, 0.15) is 40.5 Å². The first-order valence-electron chi connectivity index (χ1n) is 4.81. The Bertz CT molecular complexity index is 128. The highest BCUT2D eigenvalue weighted by Gasteiger charge is 2.20. The van der Waals surface area contributed by atoms with Crippen LogP contribution < -0.4 is 5.73 Å². The van der Waals surface area contributed by atoms with Gasteiger partial charge < -0.3 is 15.2 Å². The molecule has 0 amide bonds. The van der Waals surface area contributed by atoms with E-state index in [0.29, 0.717) is 6.61 Å². The minimum absolute atomic E-state index is 0.121. The first kappa shape index (κ1) is 12.9. The summed E-state index contributed by atoms with van der Waals surface area (Å²) in [6.45, 7) is 8.63. The molecule has 0 bridgehead atoms. The predicted octanol–water partition coefficient (Wildman–Crippen LogP) is 1.90. The van der Waals surface area contributed by atoms with Crippen LogP contribution >= 0.6 is 0 Å². The van der Waals surface area contributed by atoms with Crippen LogP contribution in [0.3, 0.4) is 0 Å². The van der Waals surface area contributed by atoms with Gasteiger partial charge in [0.05, 0.1) is 12.2 Å². The zero-order valence-corrected chi connectivity index (χ0v) is 9.52. The Morgan fingerprint density at radius 1 is 1.23 bits per heavy atom. The van der Waals surface area contributed by atoms with Gasteiger partial charge in [-0.15, -0.1) is 0 Å². The van der Waals surface area contributed by atoms with Gasteiger partial charge in [0.1, 0.15) is 5.72 Å². The fourth-order valence-corrected chi connectivity index (χ4v) is 0.734.